The lowest BCUT2D eigenvalue weighted by atomic mass is 9.44. The topological polar surface area (TPSA) is 102 Å². The molecule has 8 atom stereocenters. The maximum Gasteiger partial charge on any atom is 0.432 e. The van der Waals surface area contributed by atoms with Gasteiger partial charge in [-0.1, -0.05) is 64.4 Å². The Kier molecular flexibility index (Phi) is 11.2. The van der Waals surface area contributed by atoms with Gasteiger partial charge in [0.1, 0.15) is 6.10 Å². The van der Waals surface area contributed by atoms with Gasteiger partial charge in [-0.2, -0.15) is 13.2 Å². The number of ether oxygens (including phenoxy) is 3. The lowest BCUT2D eigenvalue weighted by Crippen LogP contribution is -2.62. The van der Waals surface area contributed by atoms with E-state index in [1.807, 2.05) is 0 Å². The number of methoxy groups -OCH3 is 2. The van der Waals surface area contributed by atoms with Crippen molar-refractivity contribution in [1.29, 1.82) is 0 Å². The number of carbonyl (C=O) groups is 2. The molecular formula is C35H53F3O7. The van der Waals surface area contributed by atoms with Crippen molar-refractivity contribution in [3.8, 4) is 0 Å². The Hall–Kier alpha value is -2.17. The van der Waals surface area contributed by atoms with Crippen LogP contribution in [-0.2, 0) is 29.4 Å². The van der Waals surface area contributed by atoms with Gasteiger partial charge in [-0.3, -0.25) is 4.79 Å². The van der Waals surface area contributed by atoms with E-state index in [1.165, 1.54) is 25.1 Å². The molecule has 10 heteroatoms. The van der Waals surface area contributed by atoms with Gasteiger partial charge in [-0.05, 0) is 87.9 Å². The van der Waals surface area contributed by atoms with Crippen LogP contribution in [0.2, 0.25) is 0 Å². The van der Waals surface area contributed by atoms with Gasteiger partial charge in [-0.25, -0.2) is 4.79 Å². The molecule has 7 nitrogen and oxygen atoms in total. The molecule has 2 aliphatic carbocycles. The van der Waals surface area contributed by atoms with Gasteiger partial charge >= 0.3 is 18.1 Å². The number of hydrogen-bond acceptors (Lipinski definition) is 7. The minimum Gasteiger partial charge on any atom is -0.469 e. The van der Waals surface area contributed by atoms with E-state index in [9.17, 15) is 33.0 Å². The molecule has 0 radical (unpaired) electrons. The first kappa shape index (κ1) is 37.3. The lowest BCUT2D eigenvalue weighted by molar-refractivity contribution is -0.279. The molecule has 0 aliphatic heterocycles. The minimum absolute atomic E-state index is 0.000283. The van der Waals surface area contributed by atoms with Crippen LogP contribution in [0.15, 0.2) is 30.3 Å². The van der Waals surface area contributed by atoms with Gasteiger partial charge in [-0.15, -0.1) is 0 Å². The summed E-state index contributed by atoms with van der Waals surface area (Å²) < 4.78 is 58.7. The minimum atomic E-state index is -5.18. The fourth-order valence-corrected chi connectivity index (χ4v) is 8.49. The summed E-state index contributed by atoms with van der Waals surface area (Å²) in [4.78, 5) is 25.9. The zero-order valence-electron chi connectivity index (χ0n) is 28.1. The summed E-state index contributed by atoms with van der Waals surface area (Å²) in [5, 5.41) is 23.8. The number of alkyl halides is 3. The van der Waals surface area contributed by atoms with Crippen molar-refractivity contribution in [1.82, 2.24) is 0 Å². The van der Waals surface area contributed by atoms with Crippen LogP contribution in [0.5, 0.6) is 0 Å². The number of hydrogen-bond donors (Lipinski definition) is 2. The maximum atomic E-state index is 14.5. The van der Waals surface area contributed by atoms with Crippen LogP contribution >= 0.6 is 0 Å². The number of aliphatic hydroxyl groups is 2. The number of halogens is 3. The number of benzene rings is 1. The second-order valence-electron chi connectivity index (χ2n) is 14.8. The van der Waals surface area contributed by atoms with Crippen molar-refractivity contribution >= 4 is 11.9 Å². The summed E-state index contributed by atoms with van der Waals surface area (Å²) in [6.07, 6.45) is -1.12. The average molecular weight is 643 g/mol. The van der Waals surface area contributed by atoms with E-state index in [1.54, 1.807) is 6.92 Å². The van der Waals surface area contributed by atoms with Gasteiger partial charge in [0.2, 0.25) is 0 Å². The first-order valence-corrected chi connectivity index (χ1v) is 16.1. The Morgan fingerprint density at radius 3 is 2.22 bits per heavy atom. The smallest absolute Gasteiger partial charge is 0.432 e. The highest BCUT2D eigenvalue weighted by atomic mass is 19.4. The fourth-order valence-electron chi connectivity index (χ4n) is 8.49. The van der Waals surface area contributed by atoms with Crippen molar-refractivity contribution in [3.05, 3.63) is 35.9 Å². The third-order valence-electron chi connectivity index (χ3n) is 11.5. The van der Waals surface area contributed by atoms with Gasteiger partial charge in [0.15, 0.2) is 0 Å². The highest BCUT2D eigenvalue weighted by molar-refractivity contribution is 5.83. The molecule has 2 N–H and O–H groups in total. The SMILES string of the molecule is COC(=O)[C@@H](C)[C@H](CC[C@](C)(O)CC[C@@]1(O)[C@H](C)CC[C@H]2C(C)(C)CCC[C@@]21C)OC(=O)[C@](OC)(c1ccccc1)C(F)(F)F. The van der Waals surface area contributed by atoms with Crippen LogP contribution in [0.25, 0.3) is 0 Å². The van der Waals surface area contributed by atoms with Crippen LogP contribution in [0.4, 0.5) is 13.2 Å². The Morgan fingerprint density at radius 2 is 1.67 bits per heavy atom. The molecule has 256 valence electrons. The molecule has 2 saturated carbocycles. The second kappa shape index (κ2) is 13.5. The Morgan fingerprint density at radius 1 is 1.04 bits per heavy atom. The van der Waals surface area contributed by atoms with Crippen LogP contribution in [0.1, 0.15) is 105 Å². The molecule has 1 aromatic carbocycles. The van der Waals surface area contributed by atoms with Crippen LogP contribution in [0.3, 0.4) is 0 Å². The van der Waals surface area contributed by atoms with E-state index >= 15 is 0 Å². The Bertz CT molecular complexity index is 1170. The summed E-state index contributed by atoms with van der Waals surface area (Å²) in [5.74, 6) is -3.24. The first-order valence-electron chi connectivity index (χ1n) is 16.1. The average Bonchev–Trinajstić information content (AvgIpc) is 2.96. The molecule has 0 aromatic heterocycles. The molecule has 45 heavy (non-hydrogen) atoms. The molecule has 1 aromatic rings. The normalized spacial score (nSPS) is 30.6. The van der Waals surface area contributed by atoms with Crippen LogP contribution < -0.4 is 0 Å². The molecule has 0 amide bonds. The maximum absolute atomic E-state index is 14.5. The summed E-state index contributed by atoms with van der Waals surface area (Å²) >= 11 is 0. The van der Waals surface area contributed by atoms with Gasteiger partial charge in [0, 0.05) is 12.7 Å². The third-order valence-corrected chi connectivity index (χ3v) is 11.5. The quantitative estimate of drug-likeness (QED) is 0.234. The Labute approximate surface area is 266 Å². The molecule has 2 aliphatic rings. The van der Waals surface area contributed by atoms with Crippen molar-refractivity contribution in [2.24, 2.45) is 28.6 Å². The predicted molar refractivity (Wildman–Crippen MR) is 164 cm³/mol. The predicted octanol–water partition coefficient (Wildman–Crippen LogP) is 7.12. The molecule has 0 spiro atoms. The fraction of sp³-hybridized carbons (Fsp3) is 0.771. The Balaban J connectivity index is 1.83. The molecule has 3 rings (SSSR count). The number of carbonyl (C=O) groups excluding carboxylic acids is 2. The summed E-state index contributed by atoms with van der Waals surface area (Å²) in [6.45, 7) is 11.8. The highest BCUT2D eigenvalue weighted by Gasteiger charge is 2.65. The van der Waals surface area contributed by atoms with Crippen LogP contribution in [0, 0.1) is 28.6 Å². The van der Waals surface area contributed by atoms with Crippen molar-refractivity contribution in [2.75, 3.05) is 14.2 Å². The van der Waals surface area contributed by atoms with E-state index in [2.05, 4.69) is 27.7 Å². The summed E-state index contributed by atoms with van der Waals surface area (Å²) in [5.41, 5.74) is -6.50. The highest BCUT2D eigenvalue weighted by Crippen LogP contribution is 2.64. The first-order chi connectivity index (χ1) is 20.7. The van der Waals surface area contributed by atoms with Crippen molar-refractivity contribution < 1.29 is 47.2 Å². The monoisotopic (exact) mass is 642 g/mol. The molecule has 0 unspecified atom stereocenters. The van der Waals surface area contributed by atoms with Crippen LogP contribution in [-0.4, -0.2) is 59.9 Å². The van der Waals surface area contributed by atoms with E-state index in [4.69, 9.17) is 14.2 Å². The molecule has 0 saturated heterocycles. The molecule has 0 bridgehead atoms. The molecule has 0 heterocycles. The van der Waals surface area contributed by atoms with Crippen molar-refractivity contribution in [2.45, 2.75) is 128 Å². The van der Waals surface area contributed by atoms with E-state index in [0.29, 0.717) is 12.3 Å². The molecular weight excluding hydrogens is 589 g/mol. The third kappa shape index (κ3) is 7.08. The molecule has 2 fully saturated rings. The van der Waals surface area contributed by atoms with Gasteiger partial charge < -0.3 is 24.4 Å². The van der Waals surface area contributed by atoms with E-state index < -0.39 is 52.5 Å². The van der Waals surface area contributed by atoms with Crippen molar-refractivity contribution in [3.63, 3.8) is 0 Å². The van der Waals surface area contributed by atoms with Gasteiger partial charge in [0.05, 0.1) is 24.2 Å². The van der Waals surface area contributed by atoms with E-state index in [0.717, 1.165) is 58.5 Å². The second-order valence-corrected chi connectivity index (χ2v) is 14.8. The van der Waals surface area contributed by atoms with Gasteiger partial charge in [0.25, 0.3) is 5.60 Å². The number of esters is 2. The van der Waals surface area contributed by atoms with E-state index in [-0.39, 0.29) is 36.0 Å². The largest absolute Gasteiger partial charge is 0.469 e. The summed E-state index contributed by atoms with van der Waals surface area (Å²) in [7, 11) is 1.92. The standard InChI is InChI=1S/C35H53F3O7/c1-23-15-16-27-30(3,4)18-12-19-32(27,6)33(23,42)22-21-31(5,41)20-17-26(24(2)28(39)43-7)45-29(40)34(44-8,35(36,37)38)25-13-10-9-11-14-25/h9-11,13-14,23-24,26-27,41-42H,12,15-22H2,1-8H3/t23-,24+,26+,27+,31+,32+,33-,34-/m1/s1. The lowest BCUT2D eigenvalue weighted by Gasteiger charge is -2.63. The summed E-state index contributed by atoms with van der Waals surface area (Å²) in [6, 6.07) is 6.46. The number of rotatable bonds is 12. The zero-order chi connectivity index (χ0) is 34.1. The number of fused-ring (bicyclic) bond motifs is 1. The zero-order valence-corrected chi connectivity index (χ0v) is 28.1.